The van der Waals surface area contributed by atoms with Gasteiger partial charge in [-0.15, -0.1) is 0 Å². The zero-order valence-corrected chi connectivity index (χ0v) is 23.1. The number of carbonyl (C=O) groups excluding carboxylic acids is 1. The highest BCUT2D eigenvalue weighted by Crippen LogP contribution is 2.41. The lowest BCUT2D eigenvalue weighted by atomic mass is 9.89. The number of amides is 2. The zero-order chi connectivity index (χ0) is 27.6. The number of hydrogen-bond acceptors (Lipinski definition) is 5. The Morgan fingerprint density at radius 2 is 1.97 bits per heavy atom. The molecule has 2 atom stereocenters. The quantitative estimate of drug-likeness (QED) is 0.423. The topological polar surface area (TPSA) is 104 Å². The van der Waals surface area contributed by atoms with Gasteiger partial charge >= 0.3 is 6.09 Å². The Labute approximate surface area is 224 Å². The molecule has 202 valence electrons. The first-order valence-electron chi connectivity index (χ1n) is 13.1. The summed E-state index contributed by atoms with van der Waals surface area (Å²) < 4.78 is 1.78. The molecule has 0 unspecified atom stereocenters. The third-order valence-electron chi connectivity index (χ3n) is 6.84. The molecule has 0 saturated heterocycles. The number of rotatable bonds is 7. The standard InChI is InChI=1S/C29H38N6O3/c1-19-8-7-11-30-27(19)32-25-14-20(2)35(21(3)36)26-10-9-22(15-24(25)26)23-16-31-34(17-23)13-12-33(28(37)38)18-29(4,5)6/h7-11,15-17,20,25H,12-14,18H2,1-6H3,(H,30,32)(H,37,38)/t20-,25+/m0/s1. The molecule has 0 spiro atoms. The van der Waals surface area contributed by atoms with Gasteiger partial charge in [0.25, 0.3) is 0 Å². The fourth-order valence-corrected chi connectivity index (χ4v) is 5.13. The number of nitrogens with zero attached hydrogens (tertiary/aromatic N) is 5. The molecule has 4 rings (SSSR count). The Balaban J connectivity index is 1.60. The van der Waals surface area contributed by atoms with Crippen molar-refractivity contribution >= 4 is 23.5 Å². The van der Waals surface area contributed by atoms with E-state index in [1.807, 2.05) is 63.1 Å². The van der Waals surface area contributed by atoms with Crippen LogP contribution in [-0.4, -0.2) is 55.9 Å². The Kier molecular flexibility index (Phi) is 7.76. The SMILES string of the molecule is CC(=O)N1c2ccc(-c3cnn(CCN(CC(C)(C)C)C(=O)O)c3)cc2[C@H](Nc2ncccc2C)C[C@@H]1C. The van der Waals surface area contributed by atoms with Crippen LogP contribution in [0.25, 0.3) is 11.1 Å². The largest absolute Gasteiger partial charge is 0.465 e. The second kappa shape index (κ2) is 10.8. The number of aryl methyl sites for hydroxylation is 1. The maximum absolute atomic E-state index is 12.5. The van der Waals surface area contributed by atoms with Gasteiger partial charge in [-0.3, -0.25) is 9.48 Å². The molecule has 38 heavy (non-hydrogen) atoms. The van der Waals surface area contributed by atoms with Crippen LogP contribution in [-0.2, 0) is 11.3 Å². The lowest BCUT2D eigenvalue weighted by molar-refractivity contribution is -0.117. The van der Waals surface area contributed by atoms with Gasteiger partial charge in [-0.1, -0.05) is 32.9 Å². The number of nitrogens with one attached hydrogen (secondary N) is 1. The predicted octanol–water partition coefficient (Wildman–Crippen LogP) is 5.58. The van der Waals surface area contributed by atoms with Crippen LogP contribution in [0.15, 0.2) is 48.9 Å². The minimum absolute atomic E-state index is 0.0132. The van der Waals surface area contributed by atoms with E-state index in [1.54, 1.807) is 24.0 Å². The minimum atomic E-state index is -0.923. The molecule has 2 N–H and O–H groups in total. The first kappa shape index (κ1) is 27.2. The van der Waals surface area contributed by atoms with Gasteiger partial charge in [-0.25, -0.2) is 9.78 Å². The predicted molar refractivity (Wildman–Crippen MR) is 149 cm³/mol. The lowest BCUT2D eigenvalue weighted by Gasteiger charge is -2.39. The molecule has 1 aromatic carbocycles. The van der Waals surface area contributed by atoms with E-state index < -0.39 is 6.09 Å². The number of carbonyl (C=O) groups is 2. The number of benzene rings is 1. The number of fused-ring (bicyclic) bond motifs is 1. The van der Waals surface area contributed by atoms with Crippen molar-refractivity contribution in [2.24, 2.45) is 5.41 Å². The number of hydrogen-bond donors (Lipinski definition) is 2. The smallest absolute Gasteiger partial charge is 0.407 e. The number of anilines is 2. The summed E-state index contributed by atoms with van der Waals surface area (Å²) in [4.78, 5) is 32.1. The molecular weight excluding hydrogens is 480 g/mol. The van der Waals surface area contributed by atoms with Crippen molar-refractivity contribution in [2.45, 2.75) is 66.6 Å². The van der Waals surface area contributed by atoms with Crippen molar-refractivity contribution in [2.75, 3.05) is 23.3 Å². The van der Waals surface area contributed by atoms with Crippen LogP contribution in [0.5, 0.6) is 0 Å². The Morgan fingerprint density at radius 1 is 1.21 bits per heavy atom. The van der Waals surface area contributed by atoms with E-state index in [4.69, 9.17) is 0 Å². The summed E-state index contributed by atoms with van der Waals surface area (Å²) >= 11 is 0. The molecule has 1 aliphatic heterocycles. The summed E-state index contributed by atoms with van der Waals surface area (Å²) in [5.74, 6) is 0.855. The van der Waals surface area contributed by atoms with Crippen molar-refractivity contribution in [3.05, 3.63) is 60.0 Å². The lowest BCUT2D eigenvalue weighted by Crippen LogP contribution is -2.43. The van der Waals surface area contributed by atoms with E-state index in [9.17, 15) is 14.7 Å². The molecule has 2 aromatic heterocycles. The van der Waals surface area contributed by atoms with Gasteiger partial charge in [0, 0.05) is 49.7 Å². The van der Waals surface area contributed by atoms with E-state index in [2.05, 4.69) is 28.4 Å². The molecule has 0 saturated carbocycles. The average Bonchev–Trinajstić information content (AvgIpc) is 3.31. The second-order valence-corrected chi connectivity index (χ2v) is 11.4. The normalized spacial score (nSPS) is 17.2. The third-order valence-corrected chi connectivity index (χ3v) is 6.84. The molecule has 1 aliphatic rings. The summed E-state index contributed by atoms with van der Waals surface area (Å²) in [5.41, 5.74) is 4.80. The van der Waals surface area contributed by atoms with Crippen molar-refractivity contribution in [1.29, 1.82) is 0 Å². The van der Waals surface area contributed by atoms with Gasteiger partial charge in [0.2, 0.25) is 5.91 Å². The van der Waals surface area contributed by atoms with E-state index in [0.29, 0.717) is 19.6 Å². The molecule has 9 nitrogen and oxygen atoms in total. The molecule has 0 bridgehead atoms. The van der Waals surface area contributed by atoms with Gasteiger partial charge in [-0.05, 0) is 60.6 Å². The highest BCUT2D eigenvalue weighted by Gasteiger charge is 2.33. The molecule has 0 aliphatic carbocycles. The molecule has 3 aromatic rings. The molecular formula is C29H38N6O3. The van der Waals surface area contributed by atoms with Gasteiger partial charge in [0.15, 0.2) is 0 Å². The Bertz CT molecular complexity index is 1310. The van der Waals surface area contributed by atoms with Gasteiger partial charge in [0.05, 0.1) is 18.8 Å². The Hall–Kier alpha value is -3.88. The highest BCUT2D eigenvalue weighted by molar-refractivity contribution is 5.94. The first-order chi connectivity index (χ1) is 17.9. The summed E-state index contributed by atoms with van der Waals surface area (Å²) in [6, 6.07) is 10.1. The number of carboxylic acid groups (broad SMARTS) is 1. The summed E-state index contributed by atoms with van der Waals surface area (Å²) in [5, 5.41) is 17.7. The molecule has 3 heterocycles. The van der Waals surface area contributed by atoms with Crippen molar-refractivity contribution in [3.63, 3.8) is 0 Å². The fraction of sp³-hybridized carbons (Fsp3) is 0.448. The van der Waals surface area contributed by atoms with Gasteiger partial charge < -0.3 is 20.2 Å². The van der Waals surface area contributed by atoms with Gasteiger partial charge in [0.1, 0.15) is 5.82 Å². The second-order valence-electron chi connectivity index (χ2n) is 11.4. The van der Waals surface area contributed by atoms with Crippen LogP contribution < -0.4 is 10.2 Å². The van der Waals surface area contributed by atoms with Crippen molar-refractivity contribution < 1.29 is 14.7 Å². The summed E-state index contributed by atoms with van der Waals surface area (Å²) in [7, 11) is 0. The van der Waals surface area contributed by atoms with Crippen LogP contribution in [0.1, 0.15) is 58.2 Å². The maximum atomic E-state index is 12.5. The van der Waals surface area contributed by atoms with E-state index in [1.165, 1.54) is 4.90 Å². The summed E-state index contributed by atoms with van der Waals surface area (Å²) in [6.07, 6.45) is 5.36. The van der Waals surface area contributed by atoms with Crippen LogP contribution in [0, 0.1) is 12.3 Å². The number of aromatic nitrogens is 3. The average molecular weight is 519 g/mol. The highest BCUT2D eigenvalue weighted by atomic mass is 16.4. The third kappa shape index (κ3) is 6.15. The minimum Gasteiger partial charge on any atom is -0.465 e. The van der Waals surface area contributed by atoms with Crippen molar-refractivity contribution in [1.82, 2.24) is 19.7 Å². The maximum Gasteiger partial charge on any atom is 0.407 e. The zero-order valence-electron chi connectivity index (χ0n) is 23.1. The molecule has 0 fully saturated rings. The van der Waals surface area contributed by atoms with Crippen LogP contribution in [0.2, 0.25) is 0 Å². The van der Waals surface area contributed by atoms with E-state index in [0.717, 1.165) is 40.2 Å². The Morgan fingerprint density at radius 3 is 2.63 bits per heavy atom. The number of pyridine rings is 1. The van der Waals surface area contributed by atoms with Crippen LogP contribution in [0.3, 0.4) is 0 Å². The molecule has 0 radical (unpaired) electrons. The van der Waals surface area contributed by atoms with Crippen molar-refractivity contribution in [3.8, 4) is 11.1 Å². The monoisotopic (exact) mass is 518 g/mol. The molecule has 2 amide bonds. The van der Waals surface area contributed by atoms with Crippen LogP contribution >= 0.6 is 0 Å². The summed E-state index contributed by atoms with van der Waals surface area (Å²) in [6.45, 7) is 13.1. The van der Waals surface area contributed by atoms with Crippen LogP contribution in [0.4, 0.5) is 16.3 Å². The first-order valence-corrected chi connectivity index (χ1v) is 13.1. The van der Waals surface area contributed by atoms with Gasteiger partial charge in [-0.2, -0.15) is 5.10 Å². The molecule has 9 heteroatoms. The van der Waals surface area contributed by atoms with E-state index in [-0.39, 0.29) is 23.4 Å². The fourth-order valence-electron chi connectivity index (χ4n) is 5.13. The van der Waals surface area contributed by atoms with E-state index >= 15 is 0 Å².